The van der Waals surface area contributed by atoms with E-state index in [9.17, 15) is 19.7 Å². The molecular weight excluding hydrogens is 336 g/mol. The number of carbonyl (C=O) groups excluding carboxylic acids is 2. The molecule has 2 N–H and O–H groups in total. The zero-order chi connectivity index (χ0) is 17.7. The number of non-ortho nitro benzene ring substituents is 1. The smallest absolute Gasteiger partial charge is 0.314 e. The van der Waals surface area contributed by atoms with Crippen LogP contribution in [0.15, 0.2) is 42.5 Å². The molecule has 0 heterocycles. The van der Waals surface area contributed by atoms with Gasteiger partial charge in [-0.15, -0.1) is 0 Å². The van der Waals surface area contributed by atoms with Gasteiger partial charge in [0.15, 0.2) is 0 Å². The number of hydrogen-bond acceptors (Lipinski definition) is 5. The molecule has 0 unspecified atom stereocenters. The lowest BCUT2D eigenvalue weighted by atomic mass is 10.2. The molecule has 8 nitrogen and oxygen atoms in total. The molecule has 0 atom stereocenters. The number of para-hydroxylation sites is 1. The zero-order valence-electron chi connectivity index (χ0n) is 11.9. The molecule has 120 valence electrons. The van der Waals surface area contributed by atoms with Crippen molar-refractivity contribution >= 4 is 40.5 Å². The van der Waals surface area contributed by atoms with Gasteiger partial charge in [-0.25, -0.2) is 0 Å². The SMILES string of the molecule is N#Cc1ccccc1NC(=O)C(=O)Nc1cc([N+](=O)[O-])ccc1Cl. The van der Waals surface area contributed by atoms with Crippen LogP contribution in [0.3, 0.4) is 0 Å². The van der Waals surface area contributed by atoms with Gasteiger partial charge in [0.1, 0.15) is 6.07 Å². The Kier molecular flexibility index (Phi) is 5.09. The van der Waals surface area contributed by atoms with Gasteiger partial charge in [-0.3, -0.25) is 19.7 Å². The molecule has 0 fully saturated rings. The Balaban J connectivity index is 2.15. The number of anilines is 2. The maximum absolute atomic E-state index is 11.9. The van der Waals surface area contributed by atoms with E-state index in [-0.39, 0.29) is 27.6 Å². The summed E-state index contributed by atoms with van der Waals surface area (Å²) in [6.07, 6.45) is 0. The molecule has 2 amide bonds. The highest BCUT2D eigenvalue weighted by Gasteiger charge is 2.18. The number of nitriles is 1. The summed E-state index contributed by atoms with van der Waals surface area (Å²) in [4.78, 5) is 33.9. The Morgan fingerprint density at radius 3 is 2.33 bits per heavy atom. The number of nitro benzene ring substituents is 1. The summed E-state index contributed by atoms with van der Waals surface area (Å²) >= 11 is 5.85. The van der Waals surface area contributed by atoms with Crippen molar-refractivity contribution in [3.8, 4) is 6.07 Å². The van der Waals surface area contributed by atoms with Crippen LogP contribution >= 0.6 is 11.6 Å². The lowest BCUT2D eigenvalue weighted by Gasteiger charge is -2.08. The zero-order valence-corrected chi connectivity index (χ0v) is 12.7. The second kappa shape index (κ2) is 7.21. The highest BCUT2D eigenvalue weighted by Crippen LogP contribution is 2.26. The summed E-state index contributed by atoms with van der Waals surface area (Å²) in [6.45, 7) is 0. The van der Waals surface area contributed by atoms with Crippen LogP contribution in [0.2, 0.25) is 5.02 Å². The van der Waals surface area contributed by atoms with Crippen molar-refractivity contribution in [2.24, 2.45) is 0 Å². The Morgan fingerprint density at radius 2 is 1.71 bits per heavy atom. The Labute approximate surface area is 140 Å². The Morgan fingerprint density at radius 1 is 1.08 bits per heavy atom. The fourth-order valence-corrected chi connectivity index (χ4v) is 1.94. The van der Waals surface area contributed by atoms with E-state index in [0.29, 0.717) is 0 Å². The summed E-state index contributed by atoms with van der Waals surface area (Å²) in [7, 11) is 0. The third kappa shape index (κ3) is 3.85. The van der Waals surface area contributed by atoms with Gasteiger partial charge in [0, 0.05) is 12.1 Å². The molecule has 0 radical (unpaired) electrons. The van der Waals surface area contributed by atoms with Crippen molar-refractivity contribution in [1.82, 2.24) is 0 Å². The van der Waals surface area contributed by atoms with Crippen molar-refractivity contribution in [3.05, 3.63) is 63.2 Å². The van der Waals surface area contributed by atoms with Gasteiger partial charge in [-0.05, 0) is 18.2 Å². The average Bonchev–Trinajstić information content (AvgIpc) is 2.57. The van der Waals surface area contributed by atoms with Gasteiger partial charge < -0.3 is 10.6 Å². The van der Waals surface area contributed by atoms with Crippen LogP contribution in [0.5, 0.6) is 0 Å². The number of amides is 2. The third-order valence-electron chi connectivity index (χ3n) is 2.91. The van der Waals surface area contributed by atoms with Crippen molar-refractivity contribution in [2.45, 2.75) is 0 Å². The maximum Gasteiger partial charge on any atom is 0.314 e. The Hall–Kier alpha value is -3.44. The molecule has 0 spiro atoms. The van der Waals surface area contributed by atoms with E-state index in [1.807, 2.05) is 6.07 Å². The molecule has 0 saturated heterocycles. The molecule has 0 aliphatic heterocycles. The fourth-order valence-electron chi connectivity index (χ4n) is 1.77. The first-order chi connectivity index (χ1) is 11.4. The lowest BCUT2D eigenvalue weighted by molar-refractivity contribution is -0.384. The van der Waals surface area contributed by atoms with Gasteiger partial charge in [0.05, 0.1) is 26.9 Å². The van der Waals surface area contributed by atoms with Crippen LogP contribution in [0.25, 0.3) is 0 Å². The molecule has 24 heavy (non-hydrogen) atoms. The predicted molar refractivity (Wildman–Crippen MR) is 86.5 cm³/mol. The van der Waals surface area contributed by atoms with E-state index >= 15 is 0 Å². The molecule has 0 bridgehead atoms. The van der Waals surface area contributed by atoms with Crippen molar-refractivity contribution in [1.29, 1.82) is 5.26 Å². The number of nitrogens with one attached hydrogen (secondary N) is 2. The lowest BCUT2D eigenvalue weighted by Crippen LogP contribution is -2.29. The fraction of sp³-hybridized carbons (Fsp3) is 0. The number of hydrogen-bond donors (Lipinski definition) is 2. The van der Waals surface area contributed by atoms with E-state index in [0.717, 1.165) is 6.07 Å². The van der Waals surface area contributed by atoms with Crippen molar-refractivity contribution in [2.75, 3.05) is 10.6 Å². The minimum Gasteiger partial charge on any atom is -0.317 e. The van der Waals surface area contributed by atoms with E-state index in [1.165, 1.54) is 24.3 Å². The normalized spacial score (nSPS) is 9.67. The molecule has 0 aliphatic rings. The van der Waals surface area contributed by atoms with E-state index in [2.05, 4.69) is 10.6 Å². The largest absolute Gasteiger partial charge is 0.317 e. The number of nitro groups is 1. The van der Waals surface area contributed by atoms with Crippen LogP contribution in [-0.2, 0) is 9.59 Å². The summed E-state index contributed by atoms with van der Waals surface area (Å²) in [5.74, 6) is -2.12. The molecular formula is C15H9ClN4O4. The highest BCUT2D eigenvalue weighted by atomic mass is 35.5. The first-order valence-corrected chi connectivity index (χ1v) is 6.85. The summed E-state index contributed by atoms with van der Waals surface area (Å²) < 4.78 is 0. The van der Waals surface area contributed by atoms with E-state index in [1.54, 1.807) is 12.1 Å². The number of nitrogens with zero attached hydrogens (tertiary/aromatic N) is 2. The van der Waals surface area contributed by atoms with Gasteiger partial charge in [-0.1, -0.05) is 23.7 Å². The molecule has 0 aliphatic carbocycles. The second-order valence-electron chi connectivity index (χ2n) is 4.49. The molecule has 0 aromatic heterocycles. The van der Waals surface area contributed by atoms with Crippen LogP contribution < -0.4 is 10.6 Å². The quantitative estimate of drug-likeness (QED) is 0.503. The summed E-state index contributed by atoms with van der Waals surface area (Å²) in [5, 5.41) is 24.2. The third-order valence-corrected chi connectivity index (χ3v) is 3.24. The van der Waals surface area contributed by atoms with Crippen molar-refractivity contribution in [3.63, 3.8) is 0 Å². The number of carbonyl (C=O) groups is 2. The topological polar surface area (TPSA) is 125 Å². The molecule has 2 rings (SSSR count). The second-order valence-corrected chi connectivity index (χ2v) is 4.89. The predicted octanol–water partition coefficient (Wildman–Crippen LogP) is 2.70. The average molecular weight is 345 g/mol. The van der Waals surface area contributed by atoms with Crippen LogP contribution in [0, 0.1) is 21.4 Å². The van der Waals surface area contributed by atoms with E-state index < -0.39 is 16.7 Å². The van der Waals surface area contributed by atoms with Crippen LogP contribution in [0.1, 0.15) is 5.56 Å². The van der Waals surface area contributed by atoms with Gasteiger partial charge in [0.25, 0.3) is 5.69 Å². The standard InChI is InChI=1S/C15H9ClN4O4/c16-11-6-5-10(20(23)24)7-13(11)19-15(22)14(21)18-12-4-2-1-3-9(12)8-17/h1-7H,(H,18,21)(H,19,22). The number of benzene rings is 2. The minimum atomic E-state index is -1.08. The summed E-state index contributed by atoms with van der Waals surface area (Å²) in [5.41, 5.74) is 0.00170. The molecule has 0 saturated carbocycles. The minimum absolute atomic E-state index is 0.0409. The molecule has 9 heteroatoms. The first-order valence-electron chi connectivity index (χ1n) is 6.47. The molecule has 2 aromatic rings. The van der Waals surface area contributed by atoms with Gasteiger partial charge in [-0.2, -0.15) is 5.26 Å². The van der Waals surface area contributed by atoms with Gasteiger partial charge in [0.2, 0.25) is 0 Å². The maximum atomic E-state index is 11.9. The highest BCUT2D eigenvalue weighted by molar-refractivity contribution is 6.45. The number of rotatable bonds is 3. The molecule has 2 aromatic carbocycles. The van der Waals surface area contributed by atoms with Crippen LogP contribution in [-0.4, -0.2) is 16.7 Å². The summed E-state index contributed by atoms with van der Waals surface area (Å²) in [6, 6.07) is 11.5. The monoisotopic (exact) mass is 344 g/mol. The van der Waals surface area contributed by atoms with Gasteiger partial charge >= 0.3 is 11.8 Å². The van der Waals surface area contributed by atoms with Crippen LogP contribution in [0.4, 0.5) is 17.1 Å². The van der Waals surface area contributed by atoms with E-state index in [4.69, 9.17) is 16.9 Å². The number of halogens is 1. The van der Waals surface area contributed by atoms with Crippen molar-refractivity contribution < 1.29 is 14.5 Å². The first kappa shape index (κ1) is 16.9. The Bertz CT molecular complexity index is 876.